The van der Waals surface area contributed by atoms with Crippen LogP contribution < -0.4 is 14.2 Å². The van der Waals surface area contributed by atoms with E-state index in [0.717, 1.165) is 6.08 Å². The first-order valence-electron chi connectivity index (χ1n) is 7.68. The second kappa shape index (κ2) is 10.1. The minimum Gasteiger partial charge on any atom is -0.429 e. The third-order valence-electron chi connectivity index (χ3n) is 3.05. The van der Waals surface area contributed by atoms with Crippen LogP contribution in [0.15, 0.2) is 61.2 Å². The van der Waals surface area contributed by atoms with E-state index in [1.54, 1.807) is 0 Å². The number of esters is 2. The zero-order chi connectivity index (χ0) is 20.4. The van der Waals surface area contributed by atoms with Crippen LogP contribution in [0.3, 0.4) is 0 Å². The Hall–Kier alpha value is -4.14. The van der Waals surface area contributed by atoms with E-state index in [1.807, 2.05) is 0 Å². The van der Waals surface area contributed by atoms with Gasteiger partial charge in [0.05, 0.1) is 5.56 Å². The lowest BCUT2D eigenvalue weighted by Gasteiger charge is -2.07. The van der Waals surface area contributed by atoms with Crippen LogP contribution in [-0.4, -0.2) is 31.4 Å². The van der Waals surface area contributed by atoms with Gasteiger partial charge in [-0.05, 0) is 48.5 Å². The Labute approximate surface area is 159 Å². The van der Waals surface area contributed by atoms with Crippen molar-refractivity contribution in [2.24, 2.45) is 0 Å². The van der Waals surface area contributed by atoms with E-state index in [9.17, 15) is 19.2 Å². The highest BCUT2D eigenvalue weighted by molar-refractivity contribution is 5.91. The lowest BCUT2D eigenvalue weighted by atomic mass is 10.2. The number of ether oxygens (including phenoxy) is 5. The molecule has 2 aromatic carbocycles. The number of rotatable bonds is 8. The maximum atomic E-state index is 12.1. The molecule has 0 aromatic heterocycles. The normalized spacial score (nSPS) is 9.57. The average molecular weight is 386 g/mol. The summed E-state index contributed by atoms with van der Waals surface area (Å²) in [5, 5.41) is 0. The first-order valence-corrected chi connectivity index (χ1v) is 7.68. The first kappa shape index (κ1) is 20.2. The number of carbonyl (C=O) groups excluding carboxylic acids is 4. The molecule has 0 spiro atoms. The van der Waals surface area contributed by atoms with Crippen LogP contribution >= 0.6 is 0 Å². The van der Waals surface area contributed by atoms with Gasteiger partial charge < -0.3 is 23.7 Å². The summed E-state index contributed by atoms with van der Waals surface area (Å²) >= 11 is 0. The molecule has 0 saturated carbocycles. The smallest absolute Gasteiger partial charge is 0.429 e. The van der Waals surface area contributed by atoms with E-state index in [1.165, 1.54) is 48.5 Å². The highest BCUT2D eigenvalue weighted by Crippen LogP contribution is 2.19. The van der Waals surface area contributed by atoms with Crippen LogP contribution in [0.1, 0.15) is 10.4 Å². The molecule has 0 saturated heterocycles. The van der Waals surface area contributed by atoms with E-state index in [-0.39, 0.29) is 23.5 Å². The monoisotopic (exact) mass is 386 g/mol. The van der Waals surface area contributed by atoms with Gasteiger partial charge in [0.15, 0.2) is 0 Å². The van der Waals surface area contributed by atoms with Gasteiger partial charge in [-0.3, -0.25) is 4.79 Å². The summed E-state index contributed by atoms with van der Waals surface area (Å²) < 4.78 is 23.6. The van der Waals surface area contributed by atoms with Crippen molar-refractivity contribution in [2.45, 2.75) is 0 Å². The number of hydrogen-bond donors (Lipinski definition) is 0. The van der Waals surface area contributed by atoms with Crippen molar-refractivity contribution in [3.05, 3.63) is 66.7 Å². The molecule has 0 heterocycles. The average Bonchev–Trinajstić information content (AvgIpc) is 2.70. The lowest BCUT2D eigenvalue weighted by Crippen LogP contribution is -2.15. The minimum atomic E-state index is -1.09. The van der Waals surface area contributed by atoms with Gasteiger partial charge in [-0.15, -0.1) is 0 Å². The fourth-order valence-corrected chi connectivity index (χ4v) is 1.79. The molecule has 0 aliphatic rings. The molecule has 0 N–H and O–H groups in total. The van der Waals surface area contributed by atoms with Crippen LogP contribution in [-0.2, 0) is 19.1 Å². The predicted octanol–water partition coefficient (Wildman–Crippen LogP) is 2.64. The van der Waals surface area contributed by atoms with Gasteiger partial charge in [-0.1, -0.05) is 6.58 Å². The Morgan fingerprint density at radius 2 is 1.39 bits per heavy atom. The molecule has 0 fully saturated rings. The topological polar surface area (TPSA) is 114 Å². The van der Waals surface area contributed by atoms with Crippen LogP contribution in [0.4, 0.5) is 4.79 Å². The molecule has 9 nitrogen and oxygen atoms in total. The van der Waals surface area contributed by atoms with Gasteiger partial charge in [0, 0.05) is 6.08 Å². The molecular weight excluding hydrogens is 372 g/mol. The third-order valence-corrected chi connectivity index (χ3v) is 3.05. The minimum absolute atomic E-state index is 0.104. The largest absolute Gasteiger partial charge is 0.516 e. The van der Waals surface area contributed by atoms with Gasteiger partial charge in [0.1, 0.15) is 17.2 Å². The molecular formula is C19H14O9. The highest BCUT2D eigenvalue weighted by atomic mass is 16.8. The summed E-state index contributed by atoms with van der Waals surface area (Å²) in [7, 11) is 0. The molecule has 28 heavy (non-hydrogen) atoms. The Balaban J connectivity index is 1.86. The molecule has 0 aliphatic heterocycles. The summed E-state index contributed by atoms with van der Waals surface area (Å²) in [6.45, 7) is 2.85. The van der Waals surface area contributed by atoms with Crippen molar-refractivity contribution in [2.75, 3.05) is 6.79 Å². The Morgan fingerprint density at radius 1 is 0.821 bits per heavy atom. The standard InChI is InChI=1S/C19H14O9/c1-2-17(21)25-12-26-19(23)28-16-5-3-13(4-6-16)18(22)27-15-9-7-14(8-10-15)24-11-20/h2-11H,1,12H2. The fourth-order valence-electron chi connectivity index (χ4n) is 1.79. The quantitative estimate of drug-likeness (QED) is 0.169. The maximum Gasteiger partial charge on any atom is 0.516 e. The molecule has 2 aromatic rings. The zero-order valence-corrected chi connectivity index (χ0v) is 14.4. The van der Waals surface area contributed by atoms with Crippen molar-refractivity contribution in [3.8, 4) is 17.2 Å². The van der Waals surface area contributed by atoms with E-state index < -0.39 is 24.9 Å². The Bertz CT molecular complexity index is 854. The number of benzene rings is 2. The zero-order valence-electron chi connectivity index (χ0n) is 14.4. The third kappa shape index (κ3) is 6.30. The Kier molecular flexibility index (Phi) is 7.29. The molecule has 0 amide bonds. The van der Waals surface area contributed by atoms with Crippen LogP contribution in [0.2, 0.25) is 0 Å². The highest BCUT2D eigenvalue weighted by Gasteiger charge is 2.11. The van der Waals surface area contributed by atoms with Crippen LogP contribution in [0, 0.1) is 0 Å². The molecule has 0 atom stereocenters. The van der Waals surface area contributed by atoms with E-state index >= 15 is 0 Å². The fraction of sp³-hybridized carbons (Fsp3) is 0.0526. The maximum absolute atomic E-state index is 12.1. The van der Waals surface area contributed by atoms with E-state index in [4.69, 9.17) is 9.47 Å². The second-order valence-electron chi connectivity index (χ2n) is 4.88. The molecule has 2 rings (SSSR count). The van der Waals surface area contributed by atoms with Crippen molar-refractivity contribution >= 4 is 24.6 Å². The molecule has 0 aliphatic carbocycles. The molecule has 144 valence electrons. The van der Waals surface area contributed by atoms with Gasteiger partial charge in [0.25, 0.3) is 6.47 Å². The lowest BCUT2D eigenvalue weighted by molar-refractivity contribution is -0.146. The first-order chi connectivity index (χ1) is 13.5. The van der Waals surface area contributed by atoms with Gasteiger partial charge in [-0.25, -0.2) is 14.4 Å². The van der Waals surface area contributed by atoms with Crippen LogP contribution in [0.5, 0.6) is 17.2 Å². The molecule has 0 bridgehead atoms. The van der Waals surface area contributed by atoms with Gasteiger partial charge in [0.2, 0.25) is 6.79 Å². The molecule has 9 heteroatoms. The van der Waals surface area contributed by atoms with E-state index in [0.29, 0.717) is 5.75 Å². The summed E-state index contributed by atoms with van der Waals surface area (Å²) in [6.07, 6.45) is -0.176. The summed E-state index contributed by atoms with van der Waals surface area (Å²) in [6, 6.07) is 11.3. The predicted molar refractivity (Wildman–Crippen MR) is 92.8 cm³/mol. The summed E-state index contributed by atoms with van der Waals surface area (Å²) in [5.41, 5.74) is 0.203. The van der Waals surface area contributed by atoms with Crippen molar-refractivity contribution in [3.63, 3.8) is 0 Å². The van der Waals surface area contributed by atoms with Gasteiger partial charge >= 0.3 is 18.1 Å². The number of hydrogen-bond acceptors (Lipinski definition) is 9. The molecule has 0 radical (unpaired) electrons. The van der Waals surface area contributed by atoms with Crippen molar-refractivity contribution in [1.29, 1.82) is 0 Å². The van der Waals surface area contributed by atoms with Crippen LogP contribution in [0.25, 0.3) is 0 Å². The Morgan fingerprint density at radius 3 is 2.00 bits per heavy atom. The van der Waals surface area contributed by atoms with E-state index in [2.05, 4.69) is 20.8 Å². The summed E-state index contributed by atoms with van der Waals surface area (Å²) in [4.78, 5) is 44.6. The number of carbonyl (C=O) groups is 4. The SMILES string of the molecule is C=CC(=O)OCOC(=O)Oc1ccc(C(=O)Oc2ccc(OC=O)cc2)cc1. The second-order valence-corrected chi connectivity index (χ2v) is 4.88. The molecule has 0 unspecified atom stereocenters. The van der Waals surface area contributed by atoms with Crippen molar-refractivity contribution < 1.29 is 42.9 Å². The summed E-state index contributed by atoms with van der Waals surface area (Å²) in [5.74, 6) is -0.730. The van der Waals surface area contributed by atoms with Gasteiger partial charge in [-0.2, -0.15) is 0 Å². The van der Waals surface area contributed by atoms with Crippen molar-refractivity contribution in [1.82, 2.24) is 0 Å².